The van der Waals surface area contributed by atoms with Crippen molar-refractivity contribution < 1.29 is 9.53 Å². The van der Waals surface area contributed by atoms with Gasteiger partial charge >= 0.3 is 5.97 Å². The molecule has 1 aliphatic heterocycles. The molecule has 0 aliphatic carbocycles. The van der Waals surface area contributed by atoms with Crippen molar-refractivity contribution in [1.82, 2.24) is 5.32 Å². The van der Waals surface area contributed by atoms with E-state index in [2.05, 4.69) is 19.2 Å². The fourth-order valence-electron chi connectivity index (χ4n) is 2.30. The van der Waals surface area contributed by atoms with E-state index in [9.17, 15) is 4.79 Å². The first-order valence-electron chi connectivity index (χ1n) is 4.66. The third-order valence-electron chi connectivity index (χ3n) is 2.73. The summed E-state index contributed by atoms with van der Waals surface area (Å²) in [6.07, 6.45) is 0.840. The lowest BCUT2D eigenvalue weighted by atomic mass is 9.87. The van der Waals surface area contributed by atoms with Crippen molar-refractivity contribution in [2.24, 2.45) is 5.92 Å². The van der Waals surface area contributed by atoms with Crippen LogP contribution in [0.25, 0.3) is 0 Å². The maximum atomic E-state index is 11.5. The Kier molecular flexibility index (Phi) is 2.41. The highest BCUT2D eigenvalue weighted by Crippen LogP contribution is 2.36. The molecule has 0 aromatic rings. The zero-order valence-electron chi connectivity index (χ0n) is 9.10. The number of methoxy groups -OCH3 is 1. The normalized spacial score (nSPS) is 30.1. The Hall–Kier alpha value is -0.570. The number of rotatable bonds is 1. The van der Waals surface area contributed by atoms with Crippen LogP contribution >= 0.6 is 0 Å². The predicted octanol–water partition coefficient (Wildman–Crippen LogP) is 1.33. The Morgan fingerprint density at radius 2 is 1.92 bits per heavy atom. The van der Waals surface area contributed by atoms with Crippen LogP contribution < -0.4 is 5.32 Å². The number of ether oxygens (including phenoxy) is 1. The molecule has 0 bridgehead atoms. The molecule has 1 unspecified atom stereocenters. The summed E-state index contributed by atoms with van der Waals surface area (Å²) in [5.41, 5.74) is -0.126. The van der Waals surface area contributed by atoms with Gasteiger partial charge in [0.15, 0.2) is 0 Å². The van der Waals surface area contributed by atoms with E-state index in [4.69, 9.17) is 4.74 Å². The highest BCUT2D eigenvalue weighted by molar-refractivity contribution is 5.74. The Balaban J connectivity index is 2.82. The maximum Gasteiger partial charge on any atom is 0.310 e. The third-order valence-corrected chi connectivity index (χ3v) is 2.73. The molecule has 3 nitrogen and oxygen atoms in total. The number of esters is 1. The first-order valence-corrected chi connectivity index (χ1v) is 4.66. The molecule has 1 fully saturated rings. The van der Waals surface area contributed by atoms with Crippen LogP contribution in [-0.4, -0.2) is 24.2 Å². The lowest BCUT2D eigenvalue weighted by molar-refractivity contribution is -0.146. The topological polar surface area (TPSA) is 38.3 Å². The van der Waals surface area contributed by atoms with Gasteiger partial charge in [0.25, 0.3) is 0 Å². The van der Waals surface area contributed by atoms with Crippen molar-refractivity contribution in [3.63, 3.8) is 0 Å². The van der Waals surface area contributed by atoms with Gasteiger partial charge in [-0.3, -0.25) is 4.79 Å². The summed E-state index contributed by atoms with van der Waals surface area (Å²) in [7, 11) is 1.45. The molecular formula is C10H19NO2. The second-order valence-corrected chi connectivity index (χ2v) is 5.01. The fraction of sp³-hybridized carbons (Fsp3) is 0.900. The van der Waals surface area contributed by atoms with Gasteiger partial charge in [-0.15, -0.1) is 0 Å². The van der Waals surface area contributed by atoms with Crippen LogP contribution in [0.3, 0.4) is 0 Å². The molecule has 0 aromatic carbocycles. The second kappa shape index (κ2) is 2.98. The molecular weight excluding hydrogens is 166 g/mol. The van der Waals surface area contributed by atoms with Crippen molar-refractivity contribution in [2.75, 3.05) is 7.11 Å². The van der Waals surface area contributed by atoms with E-state index in [0.29, 0.717) is 0 Å². The molecule has 1 aliphatic rings. The summed E-state index contributed by atoms with van der Waals surface area (Å²) >= 11 is 0. The van der Waals surface area contributed by atoms with Crippen LogP contribution in [0.2, 0.25) is 0 Å². The number of carbonyl (C=O) groups is 1. The van der Waals surface area contributed by atoms with E-state index in [1.165, 1.54) is 7.11 Å². The van der Waals surface area contributed by atoms with E-state index in [-0.39, 0.29) is 23.0 Å². The molecule has 0 aromatic heterocycles. The Labute approximate surface area is 79.8 Å². The van der Waals surface area contributed by atoms with Gasteiger partial charge in [-0.05, 0) is 34.1 Å². The zero-order valence-corrected chi connectivity index (χ0v) is 9.10. The van der Waals surface area contributed by atoms with Crippen LogP contribution in [0.1, 0.15) is 34.1 Å². The monoisotopic (exact) mass is 185 g/mol. The predicted molar refractivity (Wildman–Crippen MR) is 51.4 cm³/mol. The highest BCUT2D eigenvalue weighted by Gasteiger charge is 2.48. The van der Waals surface area contributed by atoms with Crippen LogP contribution in [0.5, 0.6) is 0 Å². The first kappa shape index (κ1) is 10.5. The molecule has 0 saturated carbocycles. The minimum atomic E-state index is -0.156. The lowest BCUT2D eigenvalue weighted by Gasteiger charge is -2.26. The minimum Gasteiger partial charge on any atom is -0.469 e. The third kappa shape index (κ3) is 2.02. The number of carbonyl (C=O) groups excluding carboxylic acids is 1. The molecule has 1 N–H and O–H groups in total. The number of hydrogen-bond donors (Lipinski definition) is 1. The average molecular weight is 185 g/mol. The van der Waals surface area contributed by atoms with Crippen LogP contribution in [0.4, 0.5) is 0 Å². The van der Waals surface area contributed by atoms with Gasteiger partial charge in [0.1, 0.15) is 0 Å². The Bertz CT molecular complexity index is 221. The molecule has 0 radical (unpaired) electrons. The number of nitrogens with one attached hydrogen (secondary N) is 1. The average Bonchev–Trinajstić information content (AvgIpc) is 2.17. The smallest absolute Gasteiger partial charge is 0.310 e. The first-order chi connectivity index (χ1) is 5.78. The summed E-state index contributed by atoms with van der Waals surface area (Å²) in [4.78, 5) is 11.5. The summed E-state index contributed by atoms with van der Waals surface area (Å²) < 4.78 is 4.78. The number of hydrogen-bond acceptors (Lipinski definition) is 3. The molecule has 1 saturated heterocycles. The second-order valence-electron chi connectivity index (χ2n) is 5.01. The van der Waals surface area contributed by atoms with Gasteiger partial charge in [-0.2, -0.15) is 0 Å². The summed E-state index contributed by atoms with van der Waals surface area (Å²) in [6.45, 7) is 8.31. The molecule has 0 amide bonds. The van der Waals surface area contributed by atoms with Crippen molar-refractivity contribution in [3.05, 3.63) is 0 Å². The van der Waals surface area contributed by atoms with Gasteiger partial charge in [0, 0.05) is 11.1 Å². The zero-order chi connectivity index (χ0) is 10.3. The van der Waals surface area contributed by atoms with Gasteiger partial charge in [-0.25, -0.2) is 0 Å². The standard InChI is InChI=1S/C10H19NO2/c1-9(2)6-7(8(12)13-5)10(3,4)11-9/h7,11H,6H2,1-5H3. The van der Waals surface area contributed by atoms with Crippen molar-refractivity contribution in [1.29, 1.82) is 0 Å². The van der Waals surface area contributed by atoms with Gasteiger partial charge < -0.3 is 10.1 Å². The van der Waals surface area contributed by atoms with Gasteiger partial charge in [0.2, 0.25) is 0 Å². The van der Waals surface area contributed by atoms with Crippen molar-refractivity contribution in [3.8, 4) is 0 Å². The van der Waals surface area contributed by atoms with Crippen LogP contribution in [0, 0.1) is 5.92 Å². The largest absolute Gasteiger partial charge is 0.469 e. The van der Waals surface area contributed by atoms with E-state index in [0.717, 1.165) is 6.42 Å². The molecule has 3 heteroatoms. The summed E-state index contributed by atoms with van der Waals surface area (Å²) in [5, 5.41) is 3.43. The van der Waals surface area contributed by atoms with E-state index in [1.807, 2.05) is 13.8 Å². The molecule has 0 spiro atoms. The van der Waals surface area contributed by atoms with Gasteiger partial charge in [0.05, 0.1) is 13.0 Å². The van der Waals surface area contributed by atoms with Crippen LogP contribution in [-0.2, 0) is 9.53 Å². The minimum absolute atomic E-state index is 0.0301. The molecule has 1 rings (SSSR count). The Morgan fingerprint density at radius 3 is 2.23 bits per heavy atom. The lowest BCUT2D eigenvalue weighted by Crippen LogP contribution is -2.46. The Morgan fingerprint density at radius 1 is 1.38 bits per heavy atom. The van der Waals surface area contributed by atoms with Crippen molar-refractivity contribution >= 4 is 5.97 Å². The van der Waals surface area contributed by atoms with E-state index >= 15 is 0 Å². The molecule has 1 heterocycles. The van der Waals surface area contributed by atoms with Crippen LogP contribution in [0.15, 0.2) is 0 Å². The molecule has 76 valence electrons. The van der Waals surface area contributed by atoms with E-state index < -0.39 is 0 Å². The molecule has 13 heavy (non-hydrogen) atoms. The quantitative estimate of drug-likeness (QED) is 0.626. The maximum absolute atomic E-state index is 11.5. The summed E-state index contributed by atoms with van der Waals surface area (Å²) in [6, 6.07) is 0. The van der Waals surface area contributed by atoms with Gasteiger partial charge in [-0.1, -0.05) is 0 Å². The summed E-state index contributed by atoms with van der Waals surface area (Å²) in [5.74, 6) is -0.143. The highest BCUT2D eigenvalue weighted by atomic mass is 16.5. The fourth-order valence-corrected chi connectivity index (χ4v) is 2.30. The SMILES string of the molecule is COC(=O)C1CC(C)(C)NC1(C)C. The van der Waals surface area contributed by atoms with Crippen molar-refractivity contribution in [2.45, 2.75) is 45.2 Å². The van der Waals surface area contributed by atoms with E-state index in [1.54, 1.807) is 0 Å². The molecule has 1 atom stereocenters.